The van der Waals surface area contributed by atoms with Crippen molar-refractivity contribution in [3.8, 4) is 11.5 Å². The molecule has 1 aliphatic heterocycles. The molecule has 0 bridgehead atoms. The van der Waals surface area contributed by atoms with Gasteiger partial charge in [-0.2, -0.15) is 0 Å². The number of methoxy groups -OCH3 is 2. The first-order chi connectivity index (χ1) is 13.5. The summed E-state index contributed by atoms with van der Waals surface area (Å²) in [6, 6.07) is 8.56. The quantitative estimate of drug-likeness (QED) is 0.711. The molecule has 0 unspecified atom stereocenters. The van der Waals surface area contributed by atoms with E-state index in [1.54, 1.807) is 36.4 Å². The lowest BCUT2D eigenvalue weighted by molar-refractivity contribution is -0.129. The van der Waals surface area contributed by atoms with E-state index in [9.17, 15) is 14.4 Å². The molecular formula is C19H18N2O6S. The highest BCUT2D eigenvalue weighted by Crippen LogP contribution is 2.34. The van der Waals surface area contributed by atoms with E-state index >= 15 is 0 Å². The smallest absolute Gasteiger partial charge is 0.294 e. The molecule has 0 saturated carbocycles. The lowest BCUT2D eigenvalue weighted by atomic mass is 10.2. The van der Waals surface area contributed by atoms with Crippen molar-refractivity contribution in [3.05, 3.63) is 52.8 Å². The maximum absolute atomic E-state index is 12.5. The molecule has 1 saturated heterocycles. The molecule has 2 aromatic rings. The molecule has 1 aromatic carbocycles. The number of carbonyl (C=O) groups is 3. The standard InChI is InChI=1S/C19H18N2O6S/c1-25-14-6-5-12(8-15(14)26-2)9-16-18(23)21(19(24)28-16)11-17(22)20-10-13-4-3-7-27-13/h3-9H,10-11H2,1-2H3,(H,20,22)/b16-9-. The summed E-state index contributed by atoms with van der Waals surface area (Å²) < 4.78 is 15.5. The monoisotopic (exact) mass is 402 g/mol. The van der Waals surface area contributed by atoms with Crippen LogP contribution in [0.4, 0.5) is 4.79 Å². The van der Waals surface area contributed by atoms with Gasteiger partial charge in [-0.05, 0) is 47.7 Å². The number of carbonyl (C=O) groups excluding carboxylic acids is 3. The summed E-state index contributed by atoms with van der Waals surface area (Å²) in [5, 5.41) is 2.11. The van der Waals surface area contributed by atoms with Crippen molar-refractivity contribution < 1.29 is 28.3 Å². The topological polar surface area (TPSA) is 98.1 Å². The van der Waals surface area contributed by atoms with Gasteiger partial charge < -0.3 is 19.2 Å². The Kier molecular flexibility index (Phi) is 6.05. The van der Waals surface area contributed by atoms with E-state index in [0.29, 0.717) is 22.8 Å². The Morgan fingerprint density at radius 3 is 2.68 bits per heavy atom. The van der Waals surface area contributed by atoms with Gasteiger partial charge in [-0.15, -0.1) is 0 Å². The van der Waals surface area contributed by atoms with E-state index in [4.69, 9.17) is 13.9 Å². The molecule has 146 valence electrons. The number of benzene rings is 1. The minimum absolute atomic E-state index is 0.184. The molecule has 28 heavy (non-hydrogen) atoms. The number of hydrogen-bond donors (Lipinski definition) is 1. The van der Waals surface area contributed by atoms with Crippen LogP contribution in [0.5, 0.6) is 11.5 Å². The number of ether oxygens (including phenoxy) is 2. The Bertz CT molecular complexity index is 923. The van der Waals surface area contributed by atoms with Crippen LogP contribution in [0.2, 0.25) is 0 Å². The molecule has 8 nitrogen and oxygen atoms in total. The minimum Gasteiger partial charge on any atom is -0.493 e. The van der Waals surface area contributed by atoms with E-state index < -0.39 is 17.1 Å². The molecule has 0 radical (unpaired) electrons. The van der Waals surface area contributed by atoms with Gasteiger partial charge in [0.2, 0.25) is 5.91 Å². The maximum Gasteiger partial charge on any atom is 0.294 e. The predicted molar refractivity (Wildman–Crippen MR) is 103 cm³/mol. The Labute approximate surface area is 165 Å². The maximum atomic E-state index is 12.5. The number of imide groups is 1. The van der Waals surface area contributed by atoms with E-state index in [1.807, 2.05) is 0 Å². The summed E-state index contributed by atoms with van der Waals surface area (Å²) in [7, 11) is 3.04. The summed E-state index contributed by atoms with van der Waals surface area (Å²) in [5.74, 6) is 0.675. The van der Waals surface area contributed by atoms with Crippen molar-refractivity contribution in [2.45, 2.75) is 6.54 Å². The summed E-state index contributed by atoms with van der Waals surface area (Å²) in [4.78, 5) is 37.9. The van der Waals surface area contributed by atoms with E-state index in [0.717, 1.165) is 16.7 Å². The molecule has 0 atom stereocenters. The zero-order valence-corrected chi connectivity index (χ0v) is 16.1. The first-order valence-electron chi connectivity index (χ1n) is 8.28. The molecular weight excluding hydrogens is 384 g/mol. The van der Waals surface area contributed by atoms with E-state index in [-0.39, 0.29) is 18.0 Å². The second kappa shape index (κ2) is 8.66. The lowest BCUT2D eigenvalue weighted by Crippen LogP contribution is -2.39. The SMILES string of the molecule is COc1ccc(/C=C2\SC(=O)N(CC(=O)NCc3ccco3)C2=O)cc1OC. The third-order valence-electron chi connectivity index (χ3n) is 3.92. The van der Waals surface area contributed by atoms with E-state index in [2.05, 4.69) is 5.32 Å². The molecule has 3 amide bonds. The molecule has 1 aliphatic rings. The number of nitrogens with one attached hydrogen (secondary N) is 1. The fourth-order valence-electron chi connectivity index (χ4n) is 2.53. The number of nitrogens with zero attached hydrogens (tertiary/aromatic N) is 1. The fraction of sp³-hybridized carbons (Fsp3) is 0.211. The van der Waals surface area contributed by atoms with Crippen LogP contribution in [0.25, 0.3) is 6.08 Å². The summed E-state index contributed by atoms with van der Waals surface area (Å²) in [5.41, 5.74) is 0.672. The van der Waals surface area contributed by atoms with Crippen LogP contribution < -0.4 is 14.8 Å². The normalized spacial score (nSPS) is 15.2. The van der Waals surface area contributed by atoms with Crippen LogP contribution in [-0.2, 0) is 16.1 Å². The highest BCUT2D eigenvalue weighted by Gasteiger charge is 2.36. The van der Waals surface area contributed by atoms with Crippen LogP contribution in [0, 0.1) is 0 Å². The molecule has 1 N–H and O–H groups in total. The van der Waals surface area contributed by atoms with Crippen molar-refractivity contribution in [1.29, 1.82) is 0 Å². The molecule has 2 heterocycles. The van der Waals surface area contributed by atoms with Gasteiger partial charge in [-0.3, -0.25) is 19.3 Å². The number of furan rings is 1. The molecule has 1 fully saturated rings. The summed E-state index contributed by atoms with van der Waals surface area (Å²) >= 11 is 0.786. The summed E-state index contributed by atoms with van der Waals surface area (Å²) in [6.45, 7) is -0.168. The van der Waals surface area contributed by atoms with Crippen LogP contribution >= 0.6 is 11.8 Å². The molecule has 3 rings (SSSR count). The van der Waals surface area contributed by atoms with Gasteiger partial charge in [-0.25, -0.2) is 0 Å². The first-order valence-corrected chi connectivity index (χ1v) is 9.10. The highest BCUT2D eigenvalue weighted by atomic mass is 32.2. The Morgan fingerprint density at radius 2 is 2.00 bits per heavy atom. The summed E-state index contributed by atoms with van der Waals surface area (Å²) in [6.07, 6.45) is 3.07. The van der Waals surface area contributed by atoms with Crippen LogP contribution in [0.15, 0.2) is 45.9 Å². The van der Waals surface area contributed by atoms with Crippen molar-refractivity contribution in [3.63, 3.8) is 0 Å². The average molecular weight is 402 g/mol. The molecule has 0 aliphatic carbocycles. The van der Waals surface area contributed by atoms with Gasteiger partial charge in [0.1, 0.15) is 12.3 Å². The van der Waals surface area contributed by atoms with Crippen molar-refractivity contribution in [1.82, 2.24) is 10.2 Å². The van der Waals surface area contributed by atoms with Gasteiger partial charge in [-0.1, -0.05) is 6.07 Å². The minimum atomic E-state index is -0.516. The van der Waals surface area contributed by atoms with Crippen molar-refractivity contribution >= 4 is 34.9 Å². The zero-order valence-electron chi connectivity index (χ0n) is 15.3. The van der Waals surface area contributed by atoms with Gasteiger partial charge in [0.05, 0.1) is 31.9 Å². The second-order valence-electron chi connectivity index (χ2n) is 5.74. The Morgan fingerprint density at radius 1 is 1.21 bits per heavy atom. The molecule has 1 aromatic heterocycles. The van der Waals surface area contributed by atoms with Gasteiger partial charge >= 0.3 is 0 Å². The van der Waals surface area contributed by atoms with Crippen LogP contribution in [0.1, 0.15) is 11.3 Å². The third-order valence-corrected chi connectivity index (χ3v) is 4.83. The first kappa shape index (κ1) is 19.6. The Hall–Kier alpha value is -3.20. The van der Waals surface area contributed by atoms with Gasteiger partial charge in [0, 0.05) is 0 Å². The predicted octanol–water partition coefficient (Wildman–Crippen LogP) is 2.65. The Balaban J connectivity index is 1.67. The third kappa shape index (κ3) is 4.37. The van der Waals surface area contributed by atoms with Crippen molar-refractivity contribution in [2.24, 2.45) is 0 Å². The number of rotatable bonds is 7. The zero-order chi connectivity index (χ0) is 20.1. The largest absolute Gasteiger partial charge is 0.493 e. The number of amides is 3. The lowest BCUT2D eigenvalue weighted by Gasteiger charge is -2.12. The van der Waals surface area contributed by atoms with Crippen LogP contribution in [-0.4, -0.2) is 42.7 Å². The van der Waals surface area contributed by atoms with Crippen molar-refractivity contribution in [2.75, 3.05) is 20.8 Å². The fourth-order valence-corrected chi connectivity index (χ4v) is 3.37. The molecule has 0 spiro atoms. The van der Waals surface area contributed by atoms with Gasteiger partial charge in [0.25, 0.3) is 11.1 Å². The van der Waals surface area contributed by atoms with E-state index in [1.165, 1.54) is 20.5 Å². The average Bonchev–Trinajstić information content (AvgIpc) is 3.30. The van der Waals surface area contributed by atoms with Crippen LogP contribution in [0.3, 0.4) is 0 Å². The number of thioether (sulfide) groups is 1. The van der Waals surface area contributed by atoms with Gasteiger partial charge in [0.15, 0.2) is 11.5 Å². The number of hydrogen-bond acceptors (Lipinski definition) is 7. The highest BCUT2D eigenvalue weighted by molar-refractivity contribution is 8.18. The molecule has 9 heteroatoms. The second-order valence-corrected chi connectivity index (χ2v) is 6.73.